The molecule has 0 aromatic heterocycles. The van der Waals surface area contributed by atoms with E-state index >= 15 is 0 Å². The number of halogens is 2. The fourth-order valence-corrected chi connectivity index (χ4v) is 3.31. The number of benzene rings is 1. The summed E-state index contributed by atoms with van der Waals surface area (Å²) in [5, 5.41) is 9.23. The number of hydrogen-bond donors (Lipinski definition) is 3. The average Bonchev–Trinajstić information content (AvgIpc) is 2.67. The Balaban J connectivity index is 0.00000392. The van der Waals surface area contributed by atoms with Crippen LogP contribution >= 0.6 is 24.8 Å². The molecule has 1 heterocycles. The third kappa shape index (κ3) is 8.48. The molecule has 0 atom stereocenters. The molecule has 29 heavy (non-hydrogen) atoms. The topological polar surface area (TPSA) is 82.7 Å². The minimum absolute atomic E-state index is 0. The van der Waals surface area contributed by atoms with E-state index in [0.29, 0.717) is 25.3 Å². The van der Waals surface area contributed by atoms with Gasteiger partial charge in [0.15, 0.2) is 0 Å². The first-order valence-corrected chi connectivity index (χ1v) is 9.47. The van der Waals surface area contributed by atoms with Crippen molar-refractivity contribution in [3.8, 4) is 0 Å². The summed E-state index contributed by atoms with van der Waals surface area (Å²) in [5.74, 6) is -0.0778. The zero-order valence-corrected chi connectivity index (χ0v) is 19.1. The second-order valence-corrected chi connectivity index (χ2v) is 7.41. The van der Waals surface area contributed by atoms with Crippen molar-refractivity contribution in [3.05, 3.63) is 35.4 Å². The van der Waals surface area contributed by atoms with Gasteiger partial charge in [-0.1, -0.05) is 12.1 Å². The van der Waals surface area contributed by atoms with Crippen LogP contribution in [0.1, 0.15) is 28.8 Å². The van der Waals surface area contributed by atoms with Crippen molar-refractivity contribution in [2.24, 2.45) is 5.41 Å². The summed E-state index contributed by atoms with van der Waals surface area (Å²) in [4.78, 5) is 27.1. The molecule has 7 nitrogen and oxygen atoms in total. The van der Waals surface area contributed by atoms with Gasteiger partial charge in [-0.05, 0) is 57.7 Å². The number of nitrogens with zero attached hydrogens (tertiary/aromatic N) is 1. The molecule has 9 heteroatoms. The number of carbonyl (C=O) groups is 2. The Labute approximate surface area is 186 Å². The number of methoxy groups -OCH3 is 1. The maximum absolute atomic E-state index is 12.8. The highest BCUT2D eigenvalue weighted by atomic mass is 35.5. The van der Waals surface area contributed by atoms with Crippen LogP contribution in [0.5, 0.6) is 0 Å². The summed E-state index contributed by atoms with van der Waals surface area (Å²) in [6.45, 7) is 3.85. The average molecular weight is 449 g/mol. The molecular formula is C20H34Cl2N4O3. The lowest BCUT2D eigenvalue weighted by Gasteiger charge is -2.35. The fraction of sp³-hybridized carbons (Fsp3) is 0.600. The van der Waals surface area contributed by atoms with Gasteiger partial charge in [-0.3, -0.25) is 9.59 Å². The van der Waals surface area contributed by atoms with Crippen LogP contribution in [0.3, 0.4) is 0 Å². The molecule has 0 unspecified atom stereocenters. The molecule has 1 fully saturated rings. The maximum Gasteiger partial charge on any atom is 0.251 e. The predicted octanol–water partition coefficient (Wildman–Crippen LogP) is 1.45. The van der Waals surface area contributed by atoms with Gasteiger partial charge in [0.2, 0.25) is 5.91 Å². The maximum atomic E-state index is 12.8. The molecule has 0 bridgehead atoms. The third-order valence-electron chi connectivity index (χ3n) is 4.95. The van der Waals surface area contributed by atoms with E-state index in [9.17, 15) is 9.59 Å². The molecule has 0 radical (unpaired) electrons. The second-order valence-electron chi connectivity index (χ2n) is 7.41. The van der Waals surface area contributed by atoms with Crippen molar-refractivity contribution in [2.75, 3.05) is 54.0 Å². The Bertz CT molecular complexity index is 632. The second kappa shape index (κ2) is 13.8. The van der Waals surface area contributed by atoms with E-state index in [2.05, 4.69) is 16.0 Å². The largest absolute Gasteiger partial charge is 0.384 e. The highest BCUT2D eigenvalue weighted by Crippen LogP contribution is 2.29. The molecule has 3 N–H and O–H groups in total. The standard InChI is InChI=1S/C20H32N4O3.2ClH/c1-24(2)12-11-22-18(25)17-6-4-5-16(13-17)14-23-19(26)20(15-27-3)7-9-21-10-8-20;;/h4-6,13,21H,7-12,14-15H2,1-3H3,(H,22,25)(H,23,26);2*1H. The summed E-state index contributed by atoms with van der Waals surface area (Å²) < 4.78 is 5.32. The SMILES string of the molecule is COCC1(C(=O)NCc2cccc(C(=O)NCCN(C)C)c2)CCNCC1.Cl.Cl. The molecule has 166 valence electrons. The molecule has 0 aliphatic carbocycles. The molecule has 1 aromatic carbocycles. The van der Waals surface area contributed by atoms with Gasteiger partial charge >= 0.3 is 0 Å². The van der Waals surface area contributed by atoms with Crippen LogP contribution < -0.4 is 16.0 Å². The lowest BCUT2D eigenvalue weighted by atomic mass is 9.78. The van der Waals surface area contributed by atoms with E-state index < -0.39 is 5.41 Å². The summed E-state index contributed by atoms with van der Waals surface area (Å²) in [5.41, 5.74) is 1.04. The van der Waals surface area contributed by atoms with Gasteiger partial charge in [-0.25, -0.2) is 0 Å². The molecule has 0 spiro atoms. The number of hydrogen-bond acceptors (Lipinski definition) is 5. The molecule has 1 aliphatic heterocycles. The van der Waals surface area contributed by atoms with Crippen molar-refractivity contribution in [1.82, 2.24) is 20.9 Å². The highest BCUT2D eigenvalue weighted by Gasteiger charge is 2.39. The number of amides is 2. The zero-order chi connectivity index (χ0) is 19.7. The highest BCUT2D eigenvalue weighted by molar-refractivity contribution is 5.94. The third-order valence-corrected chi connectivity index (χ3v) is 4.95. The van der Waals surface area contributed by atoms with E-state index in [-0.39, 0.29) is 36.6 Å². The monoisotopic (exact) mass is 448 g/mol. The zero-order valence-electron chi connectivity index (χ0n) is 17.5. The Morgan fingerprint density at radius 3 is 2.48 bits per heavy atom. The first-order chi connectivity index (χ1) is 13.0. The van der Waals surface area contributed by atoms with Gasteiger partial charge in [0.1, 0.15) is 0 Å². The molecule has 2 amide bonds. The first-order valence-electron chi connectivity index (χ1n) is 9.47. The Morgan fingerprint density at radius 1 is 1.17 bits per heavy atom. The van der Waals surface area contributed by atoms with Crippen LogP contribution in [0.25, 0.3) is 0 Å². The van der Waals surface area contributed by atoms with Crippen LogP contribution in [0, 0.1) is 5.41 Å². The van der Waals surface area contributed by atoms with E-state index in [4.69, 9.17) is 4.74 Å². The van der Waals surface area contributed by atoms with E-state index in [1.807, 2.05) is 37.2 Å². The van der Waals surface area contributed by atoms with Gasteiger partial charge in [0.05, 0.1) is 12.0 Å². The van der Waals surface area contributed by atoms with Gasteiger partial charge in [-0.15, -0.1) is 24.8 Å². The minimum Gasteiger partial charge on any atom is -0.384 e. The van der Waals surface area contributed by atoms with E-state index in [1.54, 1.807) is 13.2 Å². The van der Waals surface area contributed by atoms with Gasteiger partial charge in [-0.2, -0.15) is 0 Å². The Morgan fingerprint density at radius 2 is 1.86 bits per heavy atom. The number of rotatable bonds is 9. The van der Waals surface area contributed by atoms with Crippen molar-refractivity contribution in [1.29, 1.82) is 0 Å². The van der Waals surface area contributed by atoms with Crippen LogP contribution in [-0.2, 0) is 16.1 Å². The van der Waals surface area contributed by atoms with E-state index in [0.717, 1.165) is 38.0 Å². The molecule has 1 aliphatic rings. The minimum atomic E-state index is -0.471. The lowest BCUT2D eigenvalue weighted by Crippen LogP contribution is -2.49. The van der Waals surface area contributed by atoms with Crippen LogP contribution in [-0.4, -0.2) is 70.7 Å². The summed E-state index contributed by atoms with van der Waals surface area (Å²) >= 11 is 0. The molecule has 1 saturated heterocycles. The Hall–Kier alpha value is -1.38. The number of likely N-dealkylation sites (N-methyl/N-ethyl adjacent to an activating group) is 1. The predicted molar refractivity (Wildman–Crippen MR) is 120 cm³/mol. The van der Waals surface area contributed by atoms with Crippen molar-refractivity contribution >= 4 is 36.6 Å². The van der Waals surface area contributed by atoms with Gasteiger partial charge < -0.3 is 25.6 Å². The summed E-state index contributed by atoms with van der Waals surface area (Å²) in [7, 11) is 5.57. The van der Waals surface area contributed by atoms with Crippen molar-refractivity contribution < 1.29 is 14.3 Å². The summed E-state index contributed by atoms with van der Waals surface area (Å²) in [6.07, 6.45) is 1.53. The number of nitrogens with one attached hydrogen (secondary N) is 3. The number of carbonyl (C=O) groups excluding carboxylic acids is 2. The molecular weight excluding hydrogens is 415 g/mol. The fourth-order valence-electron chi connectivity index (χ4n) is 3.31. The normalized spacial score (nSPS) is 15.0. The van der Waals surface area contributed by atoms with Crippen molar-refractivity contribution in [2.45, 2.75) is 19.4 Å². The van der Waals surface area contributed by atoms with E-state index in [1.165, 1.54) is 0 Å². The van der Waals surface area contributed by atoms with Gasteiger partial charge in [0.25, 0.3) is 5.91 Å². The quantitative estimate of drug-likeness (QED) is 0.532. The number of ether oxygens (including phenoxy) is 1. The van der Waals surface area contributed by atoms with Crippen molar-refractivity contribution in [3.63, 3.8) is 0 Å². The van der Waals surface area contributed by atoms with Crippen LogP contribution in [0.2, 0.25) is 0 Å². The molecule has 2 rings (SSSR count). The van der Waals surface area contributed by atoms with Gasteiger partial charge in [0, 0.05) is 32.3 Å². The molecule has 1 aromatic rings. The smallest absolute Gasteiger partial charge is 0.251 e. The number of piperidine rings is 1. The van der Waals surface area contributed by atoms with Crippen LogP contribution in [0.4, 0.5) is 0 Å². The first kappa shape index (κ1) is 27.6. The summed E-state index contributed by atoms with van der Waals surface area (Å²) in [6, 6.07) is 7.38. The Kier molecular flexibility index (Phi) is 13.1. The van der Waals surface area contributed by atoms with Crippen LogP contribution in [0.15, 0.2) is 24.3 Å². The lowest BCUT2D eigenvalue weighted by molar-refractivity contribution is -0.136. The molecule has 0 saturated carbocycles.